The number of carbonyl (C=O) groups is 1. The topological polar surface area (TPSA) is 78.9 Å². The first-order valence-electron chi connectivity index (χ1n) is 9.41. The van der Waals surface area contributed by atoms with Gasteiger partial charge in [0.15, 0.2) is 5.96 Å². The SMILES string of the molecule is CCNC(=NCc1nc(C)c(C)s1)NCC(C)CN(C)C(=O)OC(C)(C)C.I. The molecule has 0 aliphatic rings. The number of carbonyl (C=O) groups excluding carboxylic acids is 1. The summed E-state index contributed by atoms with van der Waals surface area (Å²) in [5.74, 6) is 1.01. The van der Waals surface area contributed by atoms with Gasteiger partial charge in [0.25, 0.3) is 0 Å². The molecular weight excluding hydrogens is 489 g/mol. The number of aryl methyl sites for hydroxylation is 2. The molecule has 9 heteroatoms. The summed E-state index contributed by atoms with van der Waals surface area (Å²) in [6, 6.07) is 0. The van der Waals surface area contributed by atoms with Crippen molar-refractivity contribution in [3.8, 4) is 0 Å². The number of nitrogens with one attached hydrogen (secondary N) is 2. The Kier molecular flexibility index (Phi) is 12.0. The smallest absolute Gasteiger partial charge is 0.410 e. The van der Waals surface area contributed by atoms with Crippen LogP contribution in [0.1, 0.15) is 50.2 Å². The summed E-state index contributed by atoms with van der Waals surface area (Å²) in [6.45, 7) is 16.5. The van der Waals surface area contributed by atoms with Gasteiger partial charge in [-0.25, -0.2) is 14.8 Å². The van der Waals surface area contributed by atoms with Crippen molar-refractivity contribution in [1.29, 1.82) is 0 Å². The Labute approximate surface area is 190 Å². The van der Waals surface area contributed by atoms with Gasteiger partial charge >= 0.3 is 6.09 Å². The molecule has 0 saturated carbocycles. The molecule has 0 aliphatic carbocycles. The standard InChI is InChI=1S/C19H35N5O2S.HI/c1-9-20-17(22-11-16-23-14(3)15(4)27-16)21-10-13(2)12-24(8)18(25)26-19(5,6)7;/h13H,9-12H2,1-8H3,(H2,20,21,22);1H. The molecule has 1 rings (SSSR count). The van der Waals surface area contributed by atoms with E-state index in [1.807, 2.05) is 34.6 Å². The normalized spacial score (nSPS) is 12.8. The maximum Gasteiger partial charge on any atom is 0.410 e. The second-order valence-corrected chi connectivity index (χ2v) is 9.08. The lowest BCUT2D eigenvalue weighted by Gasteiger charge is -2.26. The number of rotatable bonds is 7. The van der Waals surface area contributed by atoms with Gasteiger partial charge < -0.3 is 20.3 Å². The summed E-state index contributed by atoms with van der Waals surface area (Å²) in [5, 5.41) is 7.60. The van der Waals surface area contributed by atoms with E-state index in [2.05, 4.69) is 34.5 Å². The molecule has 1 amide bonds. The number of aromatic nitrogens is 1. The molecule has 0 aromatic carbocycles. The molecule has 28 heavy (non-hydrogen) atoms. The summed E-state index contributed by atoms with van der Waals surface area (Å²) in [4.78, 5) is 24.0. The van der Waals surface area contributed by atoms with Crippen LogP contribution in [0.25, 0.3) is 0 Å². The molecule has 1 aromatic heterocycles. The fourth-order valence-electron chi connectivity index (χ4n) is 2.31. The average molecular weight is 526 g/mol. The summed E-state index contributed by atoms with van der Waals surface area (Å²) < 4.78 is 5.39. The molecule has 1 unspecified atom stereocenters. The van der Waals surface area contributed by atoms with Gasteiger partial charge in [-0.2, -0.15) is 0 Å². The number of amides is 1. The van der Waals surface area contributed by atoms with Gasteiger partial charge in [0, 0.05) is 31.6 Å². The minimum Gasteiger partial charge on any atom is -0.444 e. The van der Waals surface area contributed by atoms with Gasteiger partial charge in [0.2, 0.25) is 0 Å². The lowest BCUT2D eigenvalue weighted by Crippen LogP contribution is -2.42. The highest BCUT2D eigenvalue weighted by molar-refractivity contribution is 14.0. The van der Waals surface area contributed by atoms with Crippen LogP contribution in [0.4, 0.5) is 4.79 Å². The van der Waals surface area contributed by atoms with E-state index in [9.17, 15) is 4.79 Å². The summed E-state index contributed by atoms with van der Waals surface area (Å²) in [6.07, 6.45) is -0.301. The Morgan fingerprint density at radius 1 is 1.32 bits per heavy atom. The van der Waals surface area contributed by atoms with Crippen molar-refractivity contribution in [1.82, 2.24) is 20.5 Å². The first kappa shape index (κ1) is 26.9. The van der Waals surface area contributed by atoms with E-state index < -0.39 is 5.60 Å². The van der Waals surface area contributed by atoms with Gasteiger partial charge in [0.05, 0.1) is 12.2 Å². The van der Waals surface area contributed by atoms with Crippen LogP contribution in [0.3, 0.4) is 0 Å². The number of aliphatic imine (C=N–C) groups is 1. The van der Waals surface area contributed by atoms with E-state index in [4.69, 9.17) is 4.74 Å². The largest absolute Gasteiger partial charge is 0.444 e. The fourth-order valence-corrected chi connectivity index (χ4v) is 3.17. The second-order valence-electron chi connectivity index (χ2n) is 7.79. The molecule has 162 valence electrons. The summed E-state index contributed by atoms with van der Waals surface area (Å²) >= 11 is 1.68. The zero-order valence-corrected chi connectivity index (χ0v) is 21.5. The molecule has 0 aliphatic heterocycles. The molecule has 1 heterocycles. The molecule has 0 saturated heterocycles. The Bertz CT molecular complexity index is 623. The third-order valence-corrected chi connectivity index (χ3v) is 4.76. The Morgan fingerprint density at radius 2 is 1.96 bits per heavy atom. The maximum absolute atomic E-state index is 12.1. The minimum absolute atomic E-state index is 0. The second kappa shape index (κ2) is 12.5. The highest BCUT2D eigenvalue weighted by Gasteiger charge is 2.20. The third kappa shape index (κ3) is 10.4. The summed E-state index contributed by atoms with van der Waals surface area (Å²) in [5.41, 5.74) is 0.589. The van der Waals surface area contributed by atoms with E-state index in [1.165, 1.54) is 4.88 Å². The number of halogens is 1. The number of ether oxygens (including phenoxy) is 1. The van der Waals surface area contributed by atoms with Gasteiger partial charge in [-0.3, -0.25) is 0 Å². The quantitative estimate of drug-likeness (QED) is 0.321. The van der Waals surface area contributed by atoms with Crippen molar-refractivity contribution in [3.05, 3.63) is 15.6 Å². The third-order valence-electron chi connectivity index (χ3n) is 3.70. The first-order chi connectivity index (χ1) is 12.5. The molecule has 0 fully saturated rings. The monoisotopic (exact) mass is 525 g/mol. The molecule has 2 N–H and O–H groups in total. The predicted octanol–water partition coefficient (Wildman–Crippen LogP) is 3.94. The minimum atomic E-state index is -0.482. The number of nitrogens with zero attached hydrogens (tertiary/aromatic N) is 3. The molecular formula is C19H36IN5O2S. The van der Waals surface area contributed by atoms with E-state index in [-0.39, 0.29) is 36.0 Å². The molecule has 1 atom stereocenters. The van der Waals surface area contributed by atoms with Crippen LogP contribution in [0.2, 0.25) is 0 Å². The van der Waals surface area contributed by atoms with Gasteiger partial charge in [-0.05, 0) is 47.5 Å². The van der Waals surface area contributed by atoms with Crippen molar-refractivity contribution < 1.29 is 9.53 Å². The van der Waals surface area contributed by atoms with E-state index in [1.54, 1.807) is 23.3 Å². The fraction of sp³-hybridized carbons (Fsp3) is 0.737. The lowest BCUT2D eigenvalue weighted by atomic mass is 10.1. The highest BCUT2D eigenvalue weighted by Crippen LogP contribution is 2.17. The Balaban J connectivity index is 0.00000729. The van der Waals surface area contributed by atoms with Crippen molar-refractivity contribution >= 4 is 47.4 Å². The van der Waals surface area contributed by atoms with Crippen molar-refractivity contribution in [2.24, 2.45) is 10.9 Å². The van der Waals surface area contributed by atoms with Crippen molar-refractivity contribution in [2.75, 3.05) is 26.7 Å². The average Bonchev–Trinajstić information content (AvgIpc) is 2.86. The Hall–Kier alpha value is -1.10. The van der Waals surface area contributed by atoms with Crippen LogP contribution in [0.5, 0.6) is 0 Å². The van der Waals surface area contributed by atoms with Gasteiger partial charge in [0.1, 0.15) is 10.6 Å². The molecule has 0 radical (unpaired) electrons. The van der Waals surface area contributed by atoms with Gasteiger partial charge in [-0.1, -0.05) is 6.92 Å². The van der Waals surface area contributed by atoms with Crippen LogP contribution in [-0.4, -0.2) is 54.2 Å². The van der Waals surface area contributed by atoms with Crippen LogP contribution in [-0.2, 0) is 11.3 Å². The summed E-state index contributed by atoms with van der Waals surface area (Å²) in [7, 11) is 1.76. The van der Waals surface area contributed by atoms with Crippen LogP contribution in [0, 0.1) is 19.8 Å². The lowest BCUT2D eigenvalue weighted by molar-refractivity contribution is 0.0278. The van der Waals surface area contributed by atoms with E-state index >= 15 is 0 Å². The molecule has 0 spiro atoms. The molecule has 1 aromatic rings. The first-order valence-corrected chi connectivity index (χ1v) is 10.2. The number of hydrogen-bond acceptors (Lipinski definition) is 5. The van der Waals surface area contributed by atoms with Crippen LogP contribution >= 0.6 is 35.3 Å². The van der Waals surface area contributed by atoms with Crippen molar-refractivity contribution in [3.63, 3.8) is 0 Å². The highest BCUT2D eigenvalue weighted by atomic mass is 127. The van der Waals surface area contributed by atoms with Crippen LogP contribution < -0.4 is 10.6 Å². The maximum atomic E-state index is 12.1. The predicted molar refractivity (Wildman–Crippen MR) is 128 cm³/mol. The molecule has 7 nitrogen and oxygen atoms in total. The molecule has 0 bridgehead atoms. The van der Waals surface area contributed by atoms with Crippen LogP contribution in [0.15, 0.2) is 4.99 Å². The van der Waals surface area contributed by atoms with Gasteiger partial charge in [-0.15, -0.1) is 35.3 Å². The zero-order chi connectivity index (χ0) is 20.6. The van der Waals surface area contributed by atoms with E-state index in [0.717, 1.165) is 23.2 Å². The van der Waals surface area contributed by atoms with Crippen molar-refractivity contribution in [2.45, 2.75) is 60.6 Å². The zero-order valence-electron chi connectivity index (χ0n) is 18.4. The Morgan fingerprint density at radius 3 is 2.46 bits per heavy atom. The number of guanidine groups is 1. The van der Waals surface area contributed by atoms with E-state index in [0.29, 0.717) is 19.6 Å². The number of hydrogen-bond donors (Lipinski definition) is 2. The number of thiazole rings is 1.